The molecule has 0 saturated heterocycles. The lowest BCUT2D eigenvalue weighted by Gasteiger charge is -2.09. The minimum Gasteiger partial charge on any atom is -0.0995 e. The fourth-order valence-corrected chi connectivity index (χ4v) is 1.24. The van der Waals surface area contributed by atoms with Crippen molar-refractivity contribution in [3.05, 3.63) is 36.0 Å². The Morgan fingerprint density at radius 2 is 1.50 bits per heavy atom. The van der Waals surface area contributed by atoms with Crippen LogP contribution in [0.2, 0.25) is 0 Å². The molecule has 18 heavy (non-hydrogen) atoms. The Balaban J connectivity index is -0.000000317. The molecule has 1 unspecified atom stereocenters. The minimum absolute atomic E-state index is 0.543. The number of hydrogen-bond donors (Lipinski definition) is 0. The highest BCUT2D eigenvalue weighted by Gasteiger charge is 2.01. The molecule has 0 aliphatic heterocycles. The van der Waals surface area contributed by atoms with Crippen molar-refractivity contribution in [1.29, 1.82) is 0 Å². The topological polar surface area (TPSA) is 0 Å². The second kappa shape index (κ2) is 16.2. The van der Waals surface area contributed by atoms with Gasteiger partial charge in [-0.3, -0.25) is 0 Å². The quantitative estimate of drug-likeness (QED) is 0.381. The molecule has 0 aliphatic carbocycles. The van der Waals surface area contributed by atoms with E-state index in [1.807, 2.05) is 20.8 Å². The molecule has 0 amide bonds. The van der Waals surface area contributed by atoms with Crippen LogP contribution < -0.4 is 0 Å². The van der Waals surface area contributed by atoms with Gasteiger partial charge in [0.25, 0.3) is 0 Å². The first kappa shape index (κ1) is 22.4. The van der Waals surface area contributed by atoms with E-state index in [4.69, 9.17) is 0 Å². The van der Waals surface area contributed by atoms with Gasteiger partial charge < -0.3 is 0 Å². The van der Waals surface area contributed by atoms with Gasteiger partial charge in [0.2, 0.25) is 0 Å². The van der Waals surface area contributed by atoms with E-state index >= 15 is 0 Å². The Morgan fingerprint density at radius 1 is 1.11 bits per heavy atom. The van der Waals surface area contributed by atoms with Gasteiger partial charge in [-0.1, -0.05) is 77.5 Å². The van der Waals surface area contributed by atoms with Crippen LogP contribution in [0.25, 0.3) is 0 Å². The van der Waals surface area contributed by atoms with Crippen molar-refractivity contribution in [2.45, 2.75) is 68.7 Å². The van der Waals surface area contributed by atoms with Crippen molar-refractivity contribution >= 4 is 0 Å². The van der Waals surface area contributed by atoms with Gasteiger partial charge in [-0.2, -0.15) is 0 Å². The van der Waals surface area contributed by atoms with Crippen molar-refractivity contribution in [3.63, 3.8) is 0 Å². The van der Waals surface area contributed by atoms with Crippen LogP contribution in [0.1, 0.15) is 68.7 Å². The molecule has 0 aromatic carbocycles. The summed E-state index contributed by atoms with van der Waals surface area (Å²) in [5.74, 6) is 1.38. The number of allylic oxidation sites excluding steroid dienone is 5. The molecular formula is C18H36. The summed E-state index contributed by atoms with van der Waals surface area (Å²) in [5, 5.41) is 0. The van der Waals surface area contributed by atoms with E-state index in [1.54, 1.807) is 0 Å². The van der Waals surface area contributed by atoms with Crippen LogP contribution in [0.4, 0.5) is 0 Å². The van der Waals surface area contributed by atoms with Gasteiger partial charge in [0.15, 0.2) is 0 Å². The summed E-state index contributed by atoms with van der Waals surface area (Å²) in [5.41, 5.74) is 2.58. The first-order valence-corrected chi connectivity index (χ1v) is 7.31. The average molecular weight is 252 g/mol. The van der Waals surface area contributed by atoms with Crippen molar-refractivity contribution in [3.8, 4) is 0 Å². The highest BCUT2D eigenvalue weighted by Crippen LogP contribution is 2.16. The van der Waals surface area contributed by atoms with Gasteiger partial charge in [-0.05, 0) is 39.0 Å². The molecule has 0 aromatic rings. The molecule has 0 rings (SSSR count). The summed E-state index contributed by atoms with van der Waals surface area (Å²) in [6.07, 6.45) is 7.62. The lowest BCUT2D eigenvalue weighted by Crippen LogP contribution is -1.95. The second-order valence-corrected chi connectivity index (χ2v) is 5.00. The van der Waals surface area contributed by atoms with Crippen molar-refractivity contribution in [2.75, 3.05) is 0 Å². The van der Waals surface area contributed by atoms with E-state index in [0.29, 0.717) is 5.92 Å². The second-order valence-electron chi connectivity index (χ2n) is 5.00. The van der Waals surface area contributed by atoms with E-state index in [2.05, 4.69) is 66.3 Å². The standard InChI is InChI=1S/C12H20.C4H10.C2H6/c1-6-8-11(5)9-12(7-2)10(3)4;1-4(2)3;1-2/h6,8-9,12H,3,7H2,1-2,4-5H3;4H,1-3H3;1-2H3/b8-6-,11-9-;;. The van der Waals surface area contributed by atoms with Crippen LogP contribution in [-0.2, 0) is 0 Å². The largest absolute Gasteiger partial charge is 0.0995 e. The molecule has 0 aromatic heterocycles. The van der Waals surface area contributed by atoms with Crippen LogP contribution in [-0.4, -0.2) is 0 Å². The molecule has 0 aliphatic rings. The van der Waals surface area contributed by atoms with E-state index in [1.165, 1.54) is 11.1 Å². The molecule has 0 spiro atoms. The van der Waals surface area contributed by atoms with E-state index in [-0.39, 0.29) is 0 Å². The minimum atomic E-state index is 0.543. The van der Waals surface area contributed by atoms with E-state index in [0.717, 1.165) is 12.3 Å². The third-order valence-electron chi connectivity index (χ3n) is 1.97. The fraction of sp³-hybridized carbons (Fsp3) is 0.667. The third-order valence-corrected chi connectivity index (χ3v) is 1.97. The molecule has 1 atom stereocenters. The molecule has 0 radical (unpaired) electrons. The summed E-state index contributed by atoms with van der Waals surface area (Å²) < 4.78 is 0. The molecule has 0 heteroatoms. The Bertz CT molecular complexity index is 226. The average Bonchev–Trinajstić information content (AvgIpc) is 2.28. The zero-order chi connectivity index (χ0) is 15.1. The normalized spacial score (nSPS) is 12.4. The summed E-state index contributed by atoms with van der Waals surface area (Å²) in [6.45, 7) is 22.9. The molecule has 0 fully saturated rings. The third kappa shape index (κ3) is 20.6. The summed E-state index contributed by atoms with van der Waals surface area (Å²) in [7, 11) is 0. The van der Waals surface area contributed by atoms with Gasteiger partial charge in [0.1, 0.15) is 0 Å². The Morgan fingerprint density at radius 3 is 1.72 bits per heavy atom. The van der Waals surface area contributed by atoms with Crippen molar-refractivity contribution in [2.24, 2.45) is 11.8 Å². The van der Waals surface area contributed by atoms with Gasteiger partial charge in [-0.25, -0.2) is 0 Å². The molecule has 0 saturated carbocycles. The Labute approximate surface area is 117 Å². The number of hydrogen-bond acceptors (Lipinski definition) is 0. The smallest absolute Gasteiger partial charge is 0.00256 e. The van der Waals surface area contributed by atoms with Gasteiger partial charge in [0.05, 0.1) is 0 Å². The highest BCUT2D eigenvalue weighted by molar-refractivity contribution is 5.20. The zero-order valence-corrected chi connectivity index (χ0v) is 14.3. The van der Waals surface area contributed by atoms with Crippen LogP contribution in [0.5, 0.6) is 0 Å². The molecule has 0 N–H and O–H groups in total. The van der Waals surface area contributed by atoms with Crippen molar-refractivity contribution in [1.82, 2.24) is 0 Å². The molecule has 0 bridgehead atoms. The van der Waals surface area contributed by atoms with Crippen LogP contribution in [0, 0.1) is 11.8 Å². The molecule has 0 heterocycles. The van der Waals surface area contributed by atoms with Gasteiger partial charge >= 0.3 is 0 Å². The maximum atomic E-state index is 3.97. The summed E-state index contributed by atoms with van der Waals surface area (Å²) in [4.78, 5) is 0. The first-order chi connectivity index (χ1) is 8.34. The maximum Gasteiger partial charge on any atom is -0.00256 e. The molecular weight excluding hydrogens is 216 g/mol. The lowest BCUT2D eigenvalue weighted by molar-refractivity contribution is 0.726. The molecule has 0 nitrogen and oxygen atoms in total. The van der Waals surface area contributed by atoms with Gasteiger partial charge in [-0.15, -0.1) is 0 Å². The summed E-state index contributed by atoms with van der Waals surface area (Å²) in [6, 6.07) is 0. The lowest BCUT2D eigenvalue weighted by atomic mass is 9.96. The monoisotopic (exact) mass is 252 g/mol. The van der Waals surface area contributed by atoms with E-state index in [9.17, 15) is 0 Å². The fourth-order valence-electron chi connectivity index (χ4n) is 1.24. The Hall–Kier alpha value is -0.780. The molecule has 108 valence electrons. The summed E-state index contributed by atoms with van der Waals surface area (Å²) >= 11 is 0. The van der Waals surface area contributed by atoms with Crippen LogP contribution in [0.15, 0.2) is 36.0 Å². The van der Waals surface area contributed by atoms with Crippen LogP contribution >= 0.6 is 0 Å². The SMILES string of the molecule is C=C(C)C(/C=C(C)\C=C/C)CC.CC.CC(C)C. The van der Waals surface area contributed by atoms with Crippen LogP contribution in [0.3, 0.4) is 0 Å². The Kier molecular flexibility index (Phi) is 20.2. The first-order valence-electron chi connectivity index (χ1n) is 7.31. The van der Waals surface area contributed by atoms with E-state index < -0.39 is 0 Å². The number of rotatable bonds is 4. The zero-order valence-electron chi connectivity index (χ0n) is 14.3. The highest BCUT2D eigenvalue weighted by atomic mass is 14.1. The predicted octanol–water partition coefficient (Wildman–Crippen LogP) is 6.80. The van der Waals surface area contributed by atoms with Crippen molar-refractivity contribution < 1.29 is 0 Å². The maximum absolute atomic E-state index is 3.97. The van der Waals surface area contributed by atoms with Gasteiger partial charge in [0, 0.05) is 0 Å². The predicted molar refractivity (Wildman–Crippen MR) is 89.0 cm³/mol.